The molecule has 2 heterocycles. The predicted octanol–water partition coefficient (Wildman–Crippen LogP) is 2.80. The van der Waals surface area contributed by atoms with Gasteiger partial charge in [-0.25, -0.2) is 8.42 Å². The van der Waals surface area contributed by atoms with Gasteiger partial charge in [0.15, 0.2) is 0 Å². The van der Waals surface area contributed by atoms with E-state index in [1.807, 2.05) is 6.92 Å². The molecular weight excluding hydrogens is 340 g/mol. The molecule has 9 heteroatoms. The maximum Gasteiger partial charge on any atom is 0.261 e. The lowest BCUT2D eigenvalue weighted by molar-refractivity contribution is 0.443. The van der Waals surface area contributed by atoms with Gasteiger partial charge in [0, 0.05) is 6.07 Å². The van der Waals surface area contributed by atoms with Gasteiger partial charge >= 0.3 is 0 Å². The second-order valence-electron chi connectivity index (χ2n) is 4.98. The van der Waals surface area contributed by atoms with Gasteiger partial charge in [0.2, 0.25) is 0 Å². The van der Waals surface area contributed by atoms with Crippen molar-refractivity contribution in [2.24, 2.45) is 0 Å². The third kappa shape index (κ3) is 3.14. The lowest BCUT2D eigenvalue weighted by Gasteiger charge is -2.09. The Morgan fingerprint density at radius 2 is 1.87 bits per heavy atom. The molecule has 0 atom stereocenters. The Morgan fingerprint density at radius 3 is 2.57 bits per heavy atom. The number of aryl methyl sites for hydroxylation is 2. The van der Waals surface area contributed by atoms with Crippen LogP contribution >= 0.6 is 11.6 Å². The standard InChI is InChI=1S/C14H13ClN4O3S/c1-8-3-5-10(6-4-8)23(20,21)19-17-12-7-11(15)13-9(2)18-22-14(13)16-12/h3-7,19H,1-2H3,(H,16,17). The zero-order valence-electron chi connectivity index (χ0n) is 12.3. The van der Waals surface area contributed by atoms with Crippen LogP contribution in [0.3, 0.4) is 0 Å². The number of rotatable bonds is 4. The van der Waals surface area contributed by atoms with Crippen LogP contribution in [0.5, 0.6) is 0 Å². The largest absolute Gasteiger partial charge is 0.335 e. The number of benzene rings is 1. The summed E-state index contributed by atoms with van der Waals surface area (Å²) in [6.07, 6.45) is 0. The average molecular weight is 353 g/mol. The van der Waals surface area contributed by atoms with Crippen LogP contribution < -0.4 is 10.3 Å². The quantitative estimate of drug-likeness (QED) is 0.701. The second-order valence-corrected chi connectivity index (χ2v) is 7.07. The predicted molar refractivity (Wildman–Crippen MR) is 86.7 cm³/mol. The van der Waals surface area contributed by atoms with Crippen molar-refractivity contribution in [1.82, 2.24) is 15.0 Å². The van der Waals surface area contributed by atoms with Crippen molar-refractivity contribution in [3.63, 3.8) is 0 Å². The van der Waals surface area contributed by atoms with E-state index in [4.69, 9.17) is 16.1 Å². The van der Waals surface area contributed by atoms with Gasteiger partial charge in [0.1, 0.15) is 5.82 Å². The summed E-state index contributed by atoms with van der Waals surface area (Å²) in [5.41, 5.74) is 4.33. The van der Waals surface area contributed by atoms with Gasteiger partial charge in [-0.05, 0) is 26.0 Å². The number of hydrazine groups is 1. The smallest absolute Gasteiger partial charge is 0.261 e. The molecule has 1 aromatic carbocycles. The molecule has 3 rings (SSSR count). The summed E-state index contributed by atoms with van der Waals surface area (Å²) < 4.78 is 29.4. The Morgan fingerprint density at radius 1 is 1.17 bits per heavy atom. The first-order valence-corrected chi connectivity index (χ1v) is 8.50. The van der Waals surface area contributed by atoms with Crippen molar-refractivity contribution in [1.29, 1.82) is 0 Å². The summed E-state index contributed by atoms with van der Waals surface area (Å²) in [4.78, 5) is 6.50. The fraction of sp³-hybridized carbons (Fsp3) is 0.143. The minimum atomic E-state index is -3.73. The number of fused-ring (bicyclic) bond motifs is 1. The Balaban J connectivity index is 1.84. The molecule has 0 aliphatic heterocycles. The monoisotopic (exact) mass is 352 g/mol. The van der Waals surface area contributed by atoms with Crippen LogP contribution in [0.2, 0.25) is 5.02 Å². The first kappa shape index (κ1) is 15.7. The number of aromatic nitrogens is 2. The van der Waals surface area contributed by atoms with E-state index < -0.39 is 10.0 Å². The number of pyridine rings is 1. The lowest BCUT2D eigenvalue weighted by atomic mass is 10.2. The van der Waals surface area contributed by atoms with Crippen molar-refractivity contribution < 1.29 is 12.9 Å². The van der Waals surface area contributed by atoms with Gasteiger partial charge in [-0.3, -0.25) is 5.43 Å². The second kappa shape index (κ2) is 5.80. The Hall–Kier alpha value is -2.16. The number of anilines is 1. The van der Waals surface area contributed by atoms with Crippen LogP contribution in [0, 0.1) is 13.8 Å². The highest BCUT2D eigenvalue weighted by atomic mass is 35.5. The topological polar surface area (TPSA) is 97.1 Å². The number of halogens is 1. The lowest BCUT2D eigenvalue weighted by Crippen LogP contribution is -2.29. The molecule has 0 unspecified atom stereocenters. The fourth-order valence-electron chi connectivity index (χ4n) is 2.00. The van der Waals surface area contributed by atoms with Gasteiger partial charge < -0.3 is 4.52 Å². The molecule has 3 aromatic rings. The van der Waals surface area contributed by atoms with E-state index in [-0.39, 0.29) is 16.4 Å². The summed E-state index contributed by atoms with van der Waals surface area (Å²) >= 11 is 6.14. The minimum absolute atomic E-state index is 0.137. The van der Waals surface area contributed by atoms with E-state index in [1.54, 1.807) is 19.1 Å². The molecule has 7 nitrogen and oxygen atoms in total. The molecule has 0 saturated heterocycles. The fourth-order valence-corrected chi connectivity index (χ4v) is 3.17. The van der Waals surface area contributed by atoms with Gasteiger partial charge in [0.05, 0.1) is 21.0 Å². The molecule has 2 N–H and O–H groups in total. The van der Waals surface area contributed by atoms with Crippen molar-refractivity contribution in [3.8, 4) is 0 Å². The first-order chi connectivity index (χ1) is 10.9. The molecule has 0 aliphatic rings. The van der Waals surface area contributed by atoms with Crippen LogP contribution in [0.15, 0.2) is 39.8 Å². The molecule has 23 heavy (non-hydrogen) atoms. The zero-order chi connectivity index (χ0) is 16.6. The maximum atomic E-state index is 12.2. The van der Waals surface area contributed by atoms with Crippen LogP contribution in [-0.2, 0) is 10.0 Å². The van der Waals surface area contributed by atoms with E-state index in [0.29, 0.717) is 16.1 Å². The summed E-state index contributed by atoms with van der Waals surface area (Å²) in [7, 11) is -3.73. The van der Waals surface area contributed by atoms with Gasteiger partial charge in [-0.1, -0.05) is 34.5 Å². The summed E-state index contributed by atoms with van der Waals surface area (Å²) in [5.74, 6) is 0.203. The van der Waals surface area contributed by atoms with Gasteiger partial charge in [-0.2, -0.15) is 4.98 Å². The van der Waals surface area contributed by atoms with E-state index in [1.165, 1.54) is 18.2 Å². The van der Waals surface area contributed by atoms with Gasteiger partial charge in [0.25, 0.3) is 15.7 Å². The van der Waals surface area contributed by atoms with Crippen LogP contribution in [0.1, 0.15) is 11.3 Å². The maximum absolute atomic E-state index is 12.2. The van der Waals surface area contributed by atoms with Crippen molar-refractivity contribution in [2.45, 2.75) is 18.7 Å². The SMILES string of the molecule is Cc1ccc(S(=O)(=O)NNc2cc(Cl)c3c(C)noc3n2)cc1. The van der Waals surface area contributed by atoms with Crippen LogP contribution in [0.4, 0.5) is 5.82 Å². The third-order valence-corrected chi connectivity index (χ3v) is 4.78. The highest BCUT2D eigenvalue weighted by Crippen LogP contribution is 2.27. The molecule has 0 radical (unpaired) electrons. The molecule has 0 amide bonds. The van der Waals surface area contributed by atoms with E-state index in [2.05, 4.69) is 20.4 Å². The van der Waals surface area contributed by atoms with Crippen LogP contribution in [0.25, 0.3) is 11.1 Å². The van der Waals surface area contributed by atoms with Gasteiger partial charge in [-0.15, -0.1) is 4.83 Å². The summed E-state index contributed by atoms with van der Waals surface area (Å²) in [5, 5.41) is 4.74. The van der Waals surface area contributed by atoms with Crippen molar-refractivity contribution in [3.05, 3.63) is 46.6 Å². The molecule has 120 valence electrons. The molecular formula is C14H13ClN4O3S. The molecule has 0 saturated carbocycles. The number of hydrogen-bond acceptors (Lipinski definition) is 6. The molecule has 2 aromatic heterocycles. The Labute approximate surface area is 137 Å². The normalized spacial score (nSPS) is 11.8. The van der Waals surface area contributed by atoms with Crippen molar-refractivity contribution in [2.75, 3.05) is 5.43 Å². The van der Waals surface area contributed by atoms with Crippen molar-refractivity contribution >= 4 is 38.5 Å². The highest BCUT2D eigenvalue weighted by molar-refractivity contribution is 7.89. The molecule has 0 bridgehead atoms. The van der Waals surface area contributed by atoms with E-state index in [9.17, 15) is 8.42 Å². The number of nitrogens with one attached hydrogen (secondary N) is 2. The highest BCUT2D eigenvalue weighted by Gasteiger charge is 2.15. The Kier molecular flexibility index (Phi) is 3.97. The van der Waals surface area contributed by atoms with Crippen LogP contribution in [-0.4, -0.2) is 18.6 Å². The minimum Gasteiger partial charge on any atom is -0.335 e. The number of sulfonamides is 1. The zero-order valence-corrected chi connectivity index (χ0v) is 13.9. The molecule has 0 spiro atoms. The number of hydrogen-bond donors (Lipinski definition) is 2. The van der Waals surface area contributed by atoms with E-state index in [0.717, 1.165) is 5.56 Å². The first-order valence-electron chi connectivity index (χ1n) is 6.64. The molecule has 0 fully saturated rings. The summed E-state index contributed by atoms with van der Waals surface area (Å²) in [6.45, 7) is 3.62. The number of nitrogens with zero attached hydrogens (tertiary/aromatic N) is 2. The Bertz CT molecular complexity index is 968. The summed E-state index contributed by atoms with van der Waals surface area (Å²) in [6, 6.07) is 7.96. The average Bonchev–Trinajstić information content (AvgIpc) is 2.88. The molecule has 0 aliphatic carbocycles. The van der Waals surface area contributed by atoms with E-state index >= 15 is 0 Å². The third-order valence-electron chi connectivity index (χ3n) is 3.21.